The standard InChI is InChI=1S/C19H22N2O/c1-20-10-11-21-12-17(16-8-4-5-9-19(16)22)14-6-2-3-7-15(14)18(21)13-20/h2-9,17-18,22H,10-13H2,1H3. The van der Waals surface area contributed by atoms with Gasteiger partial charge in [0.2, 0.25) is 0 Å². The maximum absolute atomic E-state index is 10.3. The fourth-order valence-corrected chi connectivity index (χ4v) is 3.98. The molecule has 2 aliphatic rings. The van der Waals surface area contributed by atoms with Crippen LogP contribution in [-0.4, -0.2) is 48.1 Å². The van der Waals surface area contributed by atoms with E-state index in [4.69, 9.17) is 0 Å². The number of likely N-dealkylation sites (N-methyl/N-ethyl adjacent to an activating group) is 1. The van der Waals surface area contributed by atoms with E-state index in [1.54, 1.807) is 6.07 Å². The summed E-state index contributed by atoms with van der Waals surface area (Å²) in [6, 6.07) is 17.0. The van der Waals surface area contributed by atoms with Crippen LogP contribution in [0.25, 0.3) is 0 Å². The number of phenols is 1. The smallest absolute Gasteiger partial charge is 0.119 e. The molecule has 22 heavy (non-hydrogen) atoms. The summed E-state index contributed by atoms with van der Waals surface area (Å²) in [7, 11) is 2.20. The molecule has 3 nitrogen and oxygen atoms in total. The van der Waals surface area contributed by atoms with Gasteiger partial charge in [0.05, 0.1) is 0 Å². The van der Waals surface area contributed by atoms with Gasteiger partial charge in [-0.3, -0.25) is 4.90 Å². The molecule has 0 bridgehead atoms. The van der Waals surface area contributed by atoms with E-state index in [9.17, 15) is 5.11 Å². The van der Waals surface area contributed by atoms with Crippen molar-refractivity contribution in [3.8, 4) is 5.75 Å². The lowest BCUT2D eigenvalue weighted by Gasteiger charge is -2.46. The zero-order valence-corrected chi connectivity index (χ0v) is 12.9. The molecule has 0 radical (unpaired) electrons. The number of hydrogen-bond donors (Lipinski definition) is 1. The molecule has 0 aliphatic carbocycles. The van der Waals surface area contributed by atoms with E-state index in [1.165, 1.54) is 11.1 Å². The van der Waals surface area contributed by atoms with E-state index in [0.717, 1.165) is 31.7 Å². The molecule has 114 valence electrons. The summed E-state index contributed by atoms with van der Waals surface area (Å²) in [6.45, 7) is 4.29. The van der Waals surface area contributed by atoms with Gasteiger partial charge in [0.1, 0.15) is 5.75 Å². The SMILES string of the molecule is CN1CCN2CC(c3ccccc3O)c3ccccc3C2C1. The predicted molar refractivity (Wildman–Crippen MR) is 88.2 cm³/mol. The molecule has 2 heterocycles. The minimum atomic E-state index is 0.261. The molecule has 2 atom stereocenters. The van der Waals surface area contributed by atoms with E-state index >= 15 is 0 Å². The molecule has 1 N–H and O–H groups in total. The van der Waals surface area contributed by atoms with Crippen LogP contribution in [0.5, 0.6) is 5.75 Å². The highest BCUT2D eigenvalue weighted by molar-refractivity contribution is 5.47. The van der Waals surface area contributed by atoms with Crippen molar-refractivity contribution in [1.82, 2.24) is 9.80 Å². The minimum Gasteiger partial charge on any atom is -0.508 e. The predicted octanol–water partition coefficient (Wildman–Crippen LogP) is 2.83. The third kappa shape index (κ3) is 2.21. The first-order valence-corrected chi connectivity index (χ1v) is 8.03. The number of piperazine rings is 1. The van der Waals surface area contributed by atoms with Gasteiger partial charge in [-0.2, -0.15) is 0 Å². The molecule has 2 aliphatic heterocycles. The molecule has 4 rings (SSSR count). The Labute approximate surface area is 131 Å². The first-order valence-electron chi connectivity index (χ1n) is 8.03. The van der Waals surface area contributed by atoms with Gasteiger partial charge in [-0.1, -0.05) is 42.5 Å². The van der Waals surface area contributed by atoms with Crippen molar-refractivity contribution in [2.45, 2.75) is 12.0 Å². The van der Waals surface area contributed by atoms with Crippen molar-refractivity contribution < 1.29 is 5.11 Å². The van der Waals surface area contributed by atoms with Crippen molar-refractivity contribution in [2.75, 3.05) is 33.2 Å². The number of benzene rings is 2. The maximum Gasteiger partial charge on any atom is 0.119 e. The van der Waals surface area contributed by atoms with Crippen LogP contribution in [-0.2, 0) is 0 Å². The number of nitrogens with zero attached hydrogens (tertiary/aromatic N) is 2. The van der Waals surface area contributed by atoms with Crippen LogP contribution in [0.4, 0.5) is 0 Å². The molecule has 2 unspecified atom stereocenters. The Kier molecular flexibility index (Phi) is 3.40. The largest absolute Gasteiger partial charge is 0.508 e. The van der Waals surface area contributed by atoms with Crippen molar-refractivity contribution in [3.63, 3.8) is 0 Å². The summed E-state index contributed by atoms with van der Waals surface area (Å²) in [5, 5.41) is 10.3. The second-order valence-electron chi connectivity index (χ2n) is 6.51. The number of aromatic hydroxyl groups is 1. The summed E-state index contributed by atoms with van der Waals surface area (Å²) in [5.41, 5.74) is 3.85. The Bertz CT molecular complexity index is 685. The summed E-state index contributed by atoms with van der Waals surface area (Å²) in [5.74, 6) is 0.673. The van der Waals surface area contributed by atoms with Crippen LogP contribution < -0.4 is 0 Å². The van der Waals surface area contributed by atoms with E-state index < -0.39 is 0 Å². The fraction of sp³-hybridized carbons (Fsp3) is 0.368. The molecule has 3 heteroatoms. The van der Waals surface area contributed by atoms with Crippen LogP contribution in [0.2, 0.25) is 0 Å². The Morgan fingerprint density at radius 1 is 0.864 bits per heavy atom. The number of rotatable bonds is 1. The highest BCUT2D eigenvalue weighted by atomic mass is 16.3. The molecule has 0 saturated carbocycles. The minimum absolute atomic E-state index is 0.261. The van der Waals surface area contributed by atoms with E-state index in [0.29, 0.717) is 11.8 Å². The van der Waals surface area contributed by atoms with Gasteiger partial charge < -0.3 is 10.0 Å². The van der Waals surface area contributed by atoms with Gasteiger partial charge >= 0.3 is 0 Å². The topological polar surface area (TPSA) is 26.7 Å². The zero-order chi connectivity index (χ0) is 15.1. The van der Waals surface area contributed by atoms with Crippen LogP contribution in [0.1, 0.15) is 28.7 Å². The fourth-order valence-electron chi connectivity index (χ4n) is 3.98. The Morgan fingerprint density at radius 2 is 1.55 bits per heavy atom. The quantitative estimate of drug-likeness (QED) is 0.876. The summed E-state index contributed by atoms with van der Waals surface area (Å²) < 4.78 is 0. The highest BCUT2D eigenvalue weighted by Crippen LogP contribution is 2.42. The van der Waals surface area contributed by atoms with Crippen LogP contribution in [0.3, 0.4) is 0 Å². The van der Waals surface area contributed by atoms with Crippen LogP contribution >= 0.6 is 0 Å². The molecule has 0 amide bonds. The second-order valence-corrected chi connectivity index (χ2v) is 6.51. The van der Waals surface area contributed by atoms with Crippen LogP contribution in [0, 0.1) is 0 Å². The van der Waals surface area contributed by atoms with E-state index in [1.807, 2.05) is 12.1 Å². The van der Waals surface area contributed by atoms with Gasteiger partial charge in [0.15, 0.2) is 0 Å². The first-order chi connectivity index (χ1) is 10.7. The third-order valence-corrected chi connectivity index (χ3v) is 5.15. The van der Waals surface area contributed by atoms with Crippen molar-refractivity contribution in [2.24, 2.45) is 0 Å². The molecule has 0 aromatic heterocycles. The summed E-state index contributed by atoms with van der Waals surface area (Å²) in [4.78, 5) is 5.00. The molecule has 2 aromatic carbocycles. The van der Waals surface area contributed by atoms with Crippen molar-refractivity contribution in [3.05, 3.63) is 65.2 Å². The van der Waals surface area contributed by atoms with Crippen LogP contribution in [0.15, 0.2) is 48.5 Å². The average Bonchev–Trinajstić information content (AvgIpc) is 2.55. The van der Waals surface area contributed by atoms with E-state index in [2.05, 4.69) is 47.2 Å². The van der Waals surface area contributed by atoms with E-state index in [-0.39, 0.29) is 5.92 Å². The normalized spacial score (nSPS) is 25.5. The van der Waals surface area contributed by atoms with Gasteiger partial charge in [-0.15, -0.1) is 0 Å². The third-order valence-electron chi connectivity index (χ3n) is 5.15. The van der Waals surface area contributed by atoms with Gasteiger partial charge in [0.25, 0.3) is 0 Å². The highest BCUT2D eigenvalue weighted by Gasteiger charge is 2.36. The Hall–Kier alpha value is -1.84. The zero-order valence-electron chi connectivity index (χ0n) is 12.9. The summed E-state index contributed by atoms with van der Waals surface area (Å²) in [6.07, 6.45) is 0. The average molecular weight is 294 g/mol. The Balaban J connectivity index is 1.81. The number of phenolic OH excluding ortho intramolecular Hbond substituents is 1. The lowest BCUT2D eigenvalue weighted by molar-refractivity contribution is 0.0770. The molecular weight excluding hydrogens is 272 g/mol. The summed E-state index contributed by atoms with van der Waals surface area (Å²) >= 11 is 0. The number of hydrogen-bond acceptors (Lipinski definition) is 3. The second kappa shape index (κ2) is 5.41. The number of para-hydroxylation sites is 1. The monoisotopic (exact) mass is 294 g/mol. The number of fused-ring (bicyclic) bond motifs is 3. The lowest BCUT2D eigenvalue weighted by Crippen LogP contribution is -2.50. The van der Waals surface area contributed by atoms with Gasteiger partial charge in [-0.25, -0.2) is 0 Å². The van der Waals surface area contributed by atoms with Gasteiger partial charge in [0, 0.05) is 43.7 Å². The molecule has 1 fully saturated rings. The first kappa shape index (κ1) is 13.8. The van der Waals surface area contributed by atoms with Gasteiger partial charge in [-0.05, 0) is 24.2 Å². The lowest BCUT2D eigenvalue weighted by atomic mass is 9.80. The molecular formula is C19H22N2O. The van der Waals surface area contributed by atoms with Crippen molar-refractivity contribution in [1.29, 1.82) is 0 Å². The Morgan fingerprint density at radius 3 is 2.32 bits per heavy atom. The molecule has 0 spiro atoms. The molecule has 1 saturated heterocycles. The van der Waals surface area contributed by atoms with Crippen molar-refractivity contribution >= 4 is 0 Å². The maximum atomic E-state index is 10.3. The molecule has 2 aromatic rings.